The van der Waals surface area contributed by atoms with Crippen LogP contribution in [-0.2, 0) is 4.74 Å². The zero-order valence-corrected chi connectivity index (χ0v) is 15.6. The van der Waals surface area contributed by atoms with Gasteiger partial charge in [-0.1, -0.05) is 37.1 Å². The molecule has 2 aromatic rings. The minimum Gasteiger partial charge on any atom is -0.379 e. The van der Waals surface area contributed by atoms with Crippen LogP contribution in [0.25, 0.3) is 5.69 Å². The van der Waals surface area contributed by atoms with E-state index >= 15 is 0 Å². The summed E-state index contributed by atoms with van der Waals surface area (Å²) in [7, 11) is 0. The molecule has 1 amide bonds. The van der Waals surface area contributed by atoms with E-state index < -0.39 is 0 Å². The van der Waals surface area contributed by atoms with E-state index in [2.05, 4.69) is 22.3 Å². The van der Waals surface area contributed by atoms with Gasteiger partial charge in [0, 0.05) is 12.5 Å². The van der Waals surface area contributed by atoms with Crippen molar-refractivity contribution in [2.75, 3.05) is 13.2 Å². The normalized spacial score (nSPS) is 22.5. The Balaban J connectivity index is 1.64. The molecule has 1 aromatic heterocycles. The highest BCUT2D eigenvalue weighted by Crippen LogP contribution is 2.40. The highest BCUT2D eigenvalue weighted by molar-refractivity contribution is 6.32. The fourth-order valence-corrected chi connectivity index (χ4v) is 3.78. The van der Waals surface area contributed by atoms with Gasteiger partial charge in [0.1, 0.15) is 5.82 Å². The summed E-state index contributed by atoms with van der Waals surface area (Å²) in [5.74, 6) is 1.13. The number of carbonyl (C=O) groups excluding carboxylic acids is 1. The fourth-order valence-electron chi connectivity index (χ4n) is 3.57. The molecule has 1 aliphatic carbocycles. The summed E-state index contributed by atoms with van der Waals surface area (Å²) in [6.07, 6.45) is 4.83. The number of halogens is 1. The predicted octanol–water partition coefficient (Wildman–Crippen LogP) is 3.49. The first-order valence-electron chi connectivity index (χ1n) is 9.24. The quantitative estimate of drug-likeness (QED) is 0.840. The molecule has 6 nitrogen and oxygen atoms in total. The molecule has 2 aliphatic rings. The maximum absolute atomic E-state index is 12.9. The first kappa shape index (κ1) is 17.5. The van der Waals surface area contributed by atoms with Gasteiger partial charge in [0.15, 0.2) is 0 Å². The van der Waals surface area contributed by atoms with Crippen LogP contribution in [0.3, 0.4) is 0 Å². The Morgan fingerprint density at radius 2 is 2.23 bits per heavy atom. The van der Waals surface area contributed by atoms with Crippen LogP contribution < -0.4 is 5.32 Å². The number of rotatable bonds is 6. The van der Waals surface area contributed by atoms with Crippen LogP contribution in [0.4, 0.5) is 0 Å². The Bertz CT molecular complexity index is 810. The van der Waals surface area contributed by atoms with E-state index in [1.807, 2.05) is 24.3 Å². The van der Waals surface area contributed by atoms with Gasteiger partial charge in [-0.05, 0) is 37.8 Å². The van der Waals surface area contributed by atoms with Gasteiger partial charge in [-0.3, -0.25) is 4.79 Å². The number of hydrogen-bond acceptors (Lipinski definition) is 4. The van der Waals surface area contributed by atoms with Crippen molar-refractivity contribution < 1.29 is 9.53 Å². The average Bonchev–Trinajstić information content (AvgIpc) is 3.21. The molecular weight excluding hydrogens is 352 g/mol. The van der Waals surface area contributed by atoms with E-state index in [9.17, 15) is 4.79 Å². The van der Waals surface area contributed by atoms with Gasteiger partial charge in [-0.15, -0.1) is 5.10 Å². The highest BCUT2D eigenvalue weighted by Gasteiger charge is 2.38. The van der Waals surface area contributed by atoms with Crippen molar-refractivity contribution in [2.45, 2.75) is 50.5 Å². The third-order valence-corrected chi connectivity index (χ3v) is 5.39. The number of aromatic nitrogens is 3. The summed E-state index contributed by atoms with van der Waals surface area (Å²) >= 11 is 6.34. The van der Waals surface area contributed by atoms with Crippen molar-refractivity contribution in [1.82, 2.24) is 20.1 Å². The molecule has 1 atom stereocenters. The second-order valence-electron chi connectivity index (χ2n) is 7.22. The van der Waals surface area contributed by atoms with Gasteiger partial charge >= 0.3 is 0 Å². The van der Waals surface area contributed by atoms with Crippen LogP contribution in [0.5, 0.6) is 0 Å². The van der Waals surface area contributed by atoms with Crippen molar-refractivity contribution >= 4 is 17.5 Å². The fraction of sp³-hybridized carbons (Fsp3) is 0.526. The lowest BCUT2D eigenvalue weighted by atomic mass is 9.93. The van der Waals surface area contributed by atoms with Crippen molar-refractivity contribution in [2.24, 2.45) is 0 Å². The average molecular weight is 375 g/mol. The smallest absolute Gasteiger partial charge is 0.291 e. The first-order chi connectivity index (χ1) is 12.6. The SMILES string of the molecule is CCCC1(NC(=O)c2nc(C3CC3)n(-c3ccccc3Cl)n2)CCOC1. The van der Waals surface area contributed by atoms with E-state index in [-0.39, 0.29) is 17.3 Å². The van der Waals surface area contributed by atoms with Gasteiger partial charge in [-0.25, -0.2) is 9.67 Å². The largest absolute Gasteiger partial charge is 0.379 e. The number of ether oxygens (including phenoxy) is 1. The molecule has 1 N–H and O–H groups in total. The number of hydrogen-bond donors (Lipinski definition) is 1. The number of para-hydroxylation sites is 1. The molecule has 1 saturated heterocycles. The van der Waals surface area contributed by atoms with E-state index in [0.29, 0.717) is 24.2 Å². The molecule has 0 spiro atoms. The monoisotopic (exact) mass is 374 g/mol. The minimum atomic E-state index is -0.304. The Labute approximate surface area is 157 Å². The highest BCUT2D eigenvalue weighted by atomic mass is 35.5. The summed E-state index contributed by atoms with van der Waals surface area (Å²) in [6.45, 7) is 3.34. The summed E-state index contributed by atoms with van der Waals surface area (Å²) < 4.78 is 7.26. The molecule has 138 valence electrons. The molecule has 2 fully saturated rings. The van der Waals surface area contributed by atoms with E-state index in [1.54, 1.807) is 4.68 Å². The lowest BCUT2D eigenvalue weighted by molar-refractivity contribution is 0.0859. The van der Waals surface area contributed by atoms with E-state index in [0.717, 1.165) is 43.6 Å². The van der Waals surface area contributed by atoms with Crippen LogP contribution in [0.2, 0.25) is 5.02 Å². The summed E-state index contributed by atoms with van der Waals surface area (Å²) in [5.41, 5.74) is 0.455. The van der Waals surface area contributed by atoms with Crippen molar-refractivity contribution in [3.63, 3.8) is 0 Å². The Hall–Kier alpha value is -1.92. The number of nitrogens with one attached hydrogen (secondary N) is 1. The predicted molar refractivity (Wildman–Crippen MR) is 98.9 cm³/mol. The van der Waals surface area contributed by atoms with Crippen LogP contribution >= 0.6 is 11.6 Å². The Morgan fingerprint density at radius 3 is 2.88 bits per heavy atom. The zero-order valence-electron chi connectivity index (χ0n) is 14.9. The number of nitrogens with zero attached hydrogens (tertiary/aromatic N) is 3. The summed E-state index contributed by atoms with van der Waals surface area (Å²) in [5, 5.41) is 8.24. The van der Waals surface area contributed by atoms with Crippen LogP contribution in [0.15, 0.2) is 24.3 Å². The number of carbonyl (C=O) groups is 1. The number of amides is 1. The lowest BCUT2D eigenvalue weighted by Crippen LogP contribution is -2.49. The molecule has 1 aliphatic heterocycles. The Morgan fingerprint density at radius 1 is 1.42 bits per heavy atom. The van der Waals surface area contributed by atoms with Gasteiger partial charge in [0.2, 0.25) is 5.82 Å². The number of benzene rings is 1. The van der Waals surface area contributed by atoms with Gasteiger partial charge in [0.25, 0.3) is 5.91 Å². The van der Waals surface area contributed by atoms with Crippen molar-refractivity contribution in [1.29, 1.82) is 0 Å². The minimum absolute atomic E-state index is 0.203. The molecule has 2 heterocycles. The Kier molecular flexibility index (Phi) is 4.71. The topological polar surface area (TPSA) is 69.0 Å². The molecule has 7 heteroatoms. The second kappa shape index (κ2) is 7.00. The molecule has 0 bridgehead atoms. The molecule has 26 heavy (non-hydrogen) atoms. The molecular formula is C19H23ClN4O2. The van der Waals surface area contributed by atoms with Crippen LogP contribution in [-0.4, -0.2) is 39.4 Å². The summed E-state index contributed by atoms with van der Waals surface area (Å²) in [4.78, 5) is 17.4. The second-order valence-corrected chi connectivity index (χ2v) is 7.63. The molecule has 1 unspecified atom stereocenters. The molecule has 1 saturated carbocycles. The first-order valence-corrected chi connectivity index (χ1v) is 9.62. The standard InChI is InChI=1S/C19H23ClN4O2/c1-2-9-19(10-11-26-12-19)22-18(25)16-21-17(13-7-8-13)24(23-16)15-6-4-3-5-14(15)20/h3-6,13H,2,7-12H2,1H3,(H,22,25). The molecule has 4 rings (SSSR count). The van der Waals surface area contributed by atoms with Gasteiger partial charge in [0.05, 0.1) is 22.9 Å². The maximum atomic E-state index is 12.9. The van der Waals surface area contributed by atoms with Crippen molar-refractivity contribution in [3.05, 3.63) is 40.9 Å². The van der Waals surface area contributed by atoms with Crippen LogP contribution in [0, 0.1) is 0 Å². The van der Waals surface area contributed by atoms with E-state index in [4.69, 9.17) is 16.3 Å². The summed E-state index contributed by atoms with van der Waals surface area (Å²) in [6, 6.07) is 7.50. The van der Waals surface area contributed by atoms with Gasteiger partial charge in [-0.2, -0.15) is 0 Å². The van der Waals surface area contributed by atoms with E-state index in [1.165, 1.54) is 0 Å². The third-order valence-electron chi connectivity index (χ3n) is 5.07. The van der Waals surface area contributed by atoms with Gasteiger partial charge < -0.3 is 10.1 Å². The third kappa shape index (κ3) is 3.35. The van der Waals surface area contributed by atoms with Crippen molar-refractivity contribution in [3.8, 4) is 5.69 Å². The zero-order chi connectivity index (χ0) is 18.1. The molecule has 1 aromatic carbocycles. The lowest BCUT2D eigenvalue weighted by Gasteiger charge is -2.27. The maximum Gasteiger partial charge on any atom is 0.291 e. The van der Waals surface area contributed by atoms with Crippen LogP contribution in [0.1, 0.15) is 61.4 Å². The molecule has 0 radical (unpaired) electrons.